The van der Waals surface area contributed by atoms with Gasteiger partial charge in [0.05, 0.1) is 0 Å². The number of carbonyl (C=O) groups excluding carboxylic acids is 1. The van der Waals surface area contributed by atoms with Crippen LogP contribution in [0.5, 0.6) is 0 Å². The highest BCUT2D eigenvalue weighted by Crippen LogP contribution is 2.15. The summed E-state index contributed by atoms with van der Waals surface area (Å²) in [5.41, 5.74) is 8.13. The van der Waals surface area contributed by atoms with Gasteiger partial charge in [-0.2, -0.15) is 0 Å². The van der Waals surface area contributed by atoms with E-state index in [2.05, 4.69) is 24.1 Å². The molecule has 1 atom stereocenters. The van der Waals surface area contributed by atoms with Crippen LogP contribution in [-0.4, -0.2) is 36.5 Å². The fourth-order valence-electron chi connectivity index (χ4n) is 2.99. The molecular weight excluding hydrogens is 345 g/mol. The number of amides is 1. The van der Waals surface area contributed by atoms with E-state index in [1.54, 1.807) is 0 Å². The van der Waals surface area contributed by atoms with Crippen molar-refractivity contribution >= 4 is 30.7 Å². The van der Waals surface area contributed by atoms with Crippen molar-refractivity contribution in [3.8, 4) is 0 Å². The molecule has 3 N–H and O–H groups in total. The predicted octanol–water partition coefficient (Wildman–Crippen LogP) is 3.08. The molecule has 0 aliphatic carbocycles. The Morgan fingerprint density at radius 2 is 1.75 bits per heavy atom. The van der Waals surface area contributed by atoms with Gasteiger partial charge in [0.1, 0.15) is 6.04 Å². The number of nitrogens with one attached hydrogen (secondary N) is 1. The van der Waals surface area contributed by atoms with Gasteiger partial charge in [-0.25, -0.2) is 0 Å². The highest BCUT2D eigenvalue weighted by Gasteiger charge is 2.23. The molecule has 24 heavy (non-hydrogen) atoms. The van der Waals surface area contributed by atoms with Gasteiger partial charge in [0.2, 0.25) is 5.91 Å². The van der Waals surface area contributed by atoms with Gasteiger partial charge in [-0.05, 0) is 31.2 Å². The van der Waals surface area contributed by atoms with Gasteiger partial charge in [0.15, 0.2) is 0 Å². The van der Waals surface area contributed by atoms with Crippen LogP contribution in [0.3, 0.4) is 0 Å². The molecule has 1 fully saturated rings. The minimum Gasteiger partial charge on any atom is -0.352 e. The van der Waals surface area contributed by atoms with Gasteiger partial charge in [-0.1, -0.05) is 43.7 Å². The lowest BCUT2D eigenvalue weighted by Crippen LogP contribution is -2.47. The number of nitrogens with zero attached hydrogens (tertiary/aromatic N) is 1. The highest BCUT2D eigenvalue weighted by molar-refractivity contribution is 5.85. The van der Waals surface area contributed by atoms with Crippen molar-refractivity contribution in [1.82, 2.24) is 10.2 Å². The Morgan fingerprint density at radius 3 is 2.25 bits per heavy atom. The molecule has 1 aliphatic rings. The smallest absolute Gasteiger partial charge is 0.241 e. The van der Waals surface area contributed by atoms with Gasteiger partial charge in [0.25, 0.3) is 0 Å². The lowest BCUT2D eigenvalue weighted by Gasteiger charge is -2.33. The molecule has 1 amide bonds. The van der Waals surface area contributed by atoms with Crippen molar-refractivity contribution in [2.75, 3.05) is 19.6 Å². The summed E-state index contributed by atoms with van der Waals surface area (Å²) in [5.74, 6) is 0.632. The van der Waals surface area contributed by atoms with Crippen LogP contribution in [0, 0.1) is 12.8 Å². The van der Waals surface area contributed by atoms with Gasteiger partial charge < -0.3 is 16.0 Å². The molecule has 1 aromatic rings. The SMILES string of the molecule is Cc1ccc(C(N)C(=O)NC2CCN(CC(C)C)CC2)cc1.Cl.Cl. The maximum Gasteiger partial charge on any atom is 0.241 e. The molecule has 0 aromatic heterocycles. The minimum absolute atomic E-state index is 0. The van der Waals surface area contributed by atoms with Crippen LogP contribution in [0.25, 0.3) is 0 Å². The molecule has 138 valence electrons. The van der Waals surface area contributed by atoms with Gasteiger partial charge in [-0.15, -0.1) is 24.8 Å². The number of likely N-dealkylation sites (tertiary alicyclic amines) is 1. The van der Waals surface area contributed by atoms with E-state index in [1.165, 1.54) is 5.56 Å². The van der Waals surface area contributed by atoms with Crippen molar-refractivity contribution in [3.05, 3.63) is 35.4 Å². The minimum atomic E-state index is -0.575. The number of hydrogen-bond donors (Lipinski definition) is 2. The Labute approximate surface area is 158 Å². The second kappa shape index (κ2) is 10.9. The molecule has 1 aliphatic heterocycles. The standard InChI is InChI=1S/C18H29N3O.2ClH/c1-13(2)12-21-10-8-16(9-11-21)20-18(22)17(19)15-6-4-14(3)5-7-15;;/h4-7,13,16-17H,8-12,19H2,1-3H3,(H,20,22);2*1H. The lowest BCUT2D eigenvalue weighted by atomic mass is 10.0. The summed E-state index contributed by atoms with van der Waals surface area (Å²) in [7, 11) is 0. The van der Waals surface area contributed by atoms with E-state index in [1.807, 2.05) is 31.2 Å². The number of aryl methyl sites for hydroxylation is 1. The lowest BCUT2D eigenvalue weighted by molar-refractivity contribution is -0.123. The number of nitrogens with two attached hydrogens (primary N) is 1. The molecule has 0 radical (unpaired) electrons. The molecular formula is C18H31Cl2N3O. The van der Waals surface area contributed by atoms with Gasteiger partial charge in [-0.3, -0.25) is 4.79 Å². The van der Waals surface area contributed by atoms with Crippen LogP contribution in [-0.2, 0) is 4.79 Å². The molecule has 1 heterocycles. The number of benzene rings is 1. The molecule has 0 bridgehead atoms. The zero-order chi connectivity index (χ0) is 16.1. The Morgan fingerprint density at radius 1 is 1.21 bits per heavy atom. The maximum absolute atomic E-state index is 12.3. The normalized spacial score (nSPS) is 16.9. The average molecular weight is 376 g/mol. The predicted molar refractivity (Wildman–Crippen MR) is 105 cm³/mol. The van der Waals surface area contributed by atoms with E-state index < -0.39 is 6.04 Å². The van der Waals surface area contributed by atoms with Crippen LogP contribution in [0.4, 0.5) is 0 Å². The molecule has 1 aromatic carbocycles. The summed E-state index contributed by atoms with van der Waals surface area (Å²) in [6.45, 7) is 9.78. The highest BCUT2D eigenvalue weighted by atomic mass is 35.5. The molecule has 0 spiro atoms. The third-order valence-electron chi connectivity index (χ3n) is 4.28. The quantitative estimate of drug-likeness (QED) is 0.830. The molecule has 1 saturated heterocycles. The molecule has 2 rings (SSSR count). The molecule has 1 unspecified atom stereocenters. The zero-order valence-electron chi connectivity index (χ0n) is 14.8. The summed E-state index contributed by atoms with van der Waals surface area (Å²) in [5, 5.41) is 3.11. The average Bonchev–Trinajstić information content (AvgIpc) is 2.49. The monoisotopic (exact) mass is 375 g/mol. The zero-order valence-corrected chi connectivity index (χ0v) is 16.5. The first-order chi connectivity index (χ1) is 10.5. The van der Waals surface area contributed by atoms with Crippen molar-refractivity contribution in [3.63, 3.8) is 0 Å². The Balaban J connectivity index is 0.00000264. The van der Waals surface area contributed by atoms with Crippen LogP contribution >= 0.6 is 24.8 Å². The van der Waals surface area contributed by atoms with Gasteiger partial charge in [0, 0.05) is 25.7 Å². The first-order valence-electron chi connectivity index (χ1n) is 8.30. The third-order valence-corrected chi connectivity index (χ3v) is 4.28. The Kier molecular flexibility index (Phi) is 10.6. The third kappa shape index (κ3) is 6.98. The van der Waals surface area contributed by atoms with E-state index in [4.69, 9.17) is 5.73 Å². The fourth-order valence-corrected chi connectivity index (χ4v) is 2.99. The van der Waals surface area contributed by atoms with Crippen molar-refractivity contribution in [2.45, 2.75) is 45.7 Å². The summed E-state index contributed by atoms with van der Waals surface area (Å²) in [4.78, 5) is 14.8. The largest absolute Gasteiger partial charge is 0.352 e. The summed E-state index contributed by atoms with van der Waals surface area (Å²) in [6.07, 6.45) is 2.03. The second-order valence-corrected chi connectivity index (χ2v) is 6.87. The van der Waals surface area contributed by atoms with E-state index in [0.29, 0.717) is 5.92 Å². The summed E-state index contributed by atoms with van der Waals surface area (Å²) < 4.78 is 0. The topological polar surface area (TPSA) is 58.4 Å². The van der Waals surface area contributed by atoms with E-state index in [-0.39, 0.29) is 36.8 Å². The summed E-state index contributed by atoms with van der Waals surface area (Å²) in [6, 6.07) is 7.54. The summed E-state index contributed by atoms with van der Waals surface area (Å²) >= 11 is 0. The van der Waals surface area contributed by atoms with Crippen LogP contribution in [0.2, 0.25) is 0 Å². The fraction of sp³-hybridized carbons (Fsp3) is 0.611. The number of carbonyl (C=O) groups is 1. The first kappa shape index (κ1) is 23.2. The molecule has 6 heteroatoms. The van der Waals surface area contributed by atoms with Crippen molar-refractivity contribution in [1.29, 1.82) is 0 Å². The van der Waals surface area contributed by atoms with E-state index in [0.717, 1.165) is 38.0 Å². The van der Waals surface area contributed by atoms with Crippen LogP contribution in [0.1, 0.15) is 43.9 Å². The van der Waals surface area contributed by atoms with Crippen molar-refractivity contribution < 1.29 is 4.79 Å². The number of rotatable bonds is 5. The first-order valence-corrected chi connectivity index (χ1v) is 8.30. The van der Waals surface area contributed by atoms with Crippen LogP contribution < -0.4 is 11.1 Å². The second-order valence-electron chi connectivity index (χ2n) is 6.87. The van der Waals surface area contributed by atoms with E-state index in [9.17, 15) is 4.79 Å². The Bertz CT molecular complexity index is 486. The van der Waals surface area contributed by atoms with Crippen molar-refractivity contribution in [2.24, 2.45) is 11.7 Å². The van der Waals surface area contributed by atoms with Gasteiger partial charge >= 0.3 is 0 Å². The Hall–Kier alpha value is -0.810. The number of halogens is 2. The van der Waals surface area contributed by atoms with E-state index >= 15 is 0 Å². The maximum atomic E-state index is 12.3. The number of hydrogen-bond acceptors (Lipinski definition) is 3. The number of piperidine rings is 1. The molecule has 4 nitrogen and oxygen atoms in total. The molecule has 0 saturated carbocycles. The van der Waals surface area contributed by atoms with Crippen LogP contribution in [0.15, 0.2) is 24.3 Å².